The molecule has 106 valence electrons. The van der Waals surface area contributed by atoms with Crippen molar-refractivity contribution >= 4 is 10.0 Å². The Morgan fingerprint density at radius 2 is 1.89 bits per heavy atom. The summed E-state index contributed by atoms with van der Waals surface area (Å²) in [5.74, 6) is 0.289. The summed E-state index contributed by atoms with van der Waals surface area (Å²) in [4.78, 5) is 0. The highest BCUT2D eigenvalue weighted by Gasteiger charge is 2.31. The van der Waals surface area contributed by atoms with E-state index in [2.05, 4.69) is 12.2 Å². The van der Waals surface area contributed by atoms with E-state index in [0.29, 0.717) is 0 Å². The van der Waals surface area contributed by atoms with E-state index in [-0.39, 0.29) is 17.8 Å². The molecule has 0 bridgehead atoms. The maximum atomic E-state index is 12.5. The lowest BCUT2D eigenvalue weighted by Gasteiger charge is -2.30. The fourth-order valence-electron chi connectivity index (χ4n) is 3.08. The molecule has 0 spiro atoms. The summed E-state index contributed by atoms with van der Waals surface area (Å²) in [6, 6.07) is 0.347. The van der Waals surface area contributed by atoms with E-state index < -0.39 is 10.0 Å². The van der Waals surface area contributed by atoms with Crippen molar-refractivity contribution in [3.8, 4) is 0 Å². The Kier molecular flexibility index (Phi) is 5.04. The van der Waals surface area contributed by atoms with E-state index in [0.717, 1.165) is 51.6 Å². The molecule has 2 rings (SSSR count). The van der Waals surface area contributed by atoms with Gasteiger partial charge in [0, 0.05) is 18.6 Å². The number of rotatable bonds is 3. The molecule has 2 aliphatic rings. The van der Waals surface area contributed by atoms with Crippen LogP contribution in [0, 0.1) is 0 Å². The van der Waals surface area contributed by atoms with Crippen molar-refractivity contribution in [2.45, 2.75) is 64.0 Å². The number of piperidine rings is 1. The lowest BCUT2D eigenvalue weighted by molar-refractivity contribution is 0.335. The molecule has 2 unspecified atom stereocenters. The zero-order valence-corrected chi connectivity index (χ0v) is 12.2. The molecule has 0 radical (unpaired) electrons. The molecule has 0 aromatic heterocycles. The van der Waals surface area contributed by atoms with E-state index in [1.165, 1.54) is 6.42 Å². The Bertz CT molecular complexity index is 350. The third-order valence-electron chi connectivity index (χ3n) is 4.17. The summed E-state index contributed by atoms with van der Waals surface area (Å²) in [7, 11) is -3.08. The van der Waals surface area contributed by atoms with Gasteiger partial charge in [-0.15, -0.1) is 0 Å². The van der Waals surface area contributed by atoms with Crippen LogP contribution in [0.25, 0.3) is 0 Å². The van der Waals surface area contributed by atoms with Gasteiger partial charge >= 0.3 is 0 Å². The predicted molar refractivity (Wildman–Crippen MR) is 74.1 cm³/mol. The van der Waals surface area contributed by atoms with E-state index in [4.69, 9.17) is 0 Å². The van der Waals surface area contributed by atoms with Crippen molar-refractivity contribution < 1.29 is 8.42 Å². The van der Waals surface area contributed by atoms with Gasteiger partial charge in [0.2, 0.25) is 10.0 Å². The van der Waals surface area contributed by atoms with Crippen LogP contribution in [0.5, 0.6) is 0 Å². The lowest BCUT2D eigenvalue weighted by atomic mass is 10.1. The van der Waals surface area contributed by atoms with Gasteiger partial charge in [0.1, 0.15) is 0 Å². The van der Waals surface area contributed by atoms with Crippen molar-refractivity contribution in [2.24, 2.45) is 0 Å². The molecule has 0 aromatic rings. The molecule has 2 saturated heterocycles. The summed E-state index contributed by atoms with van der Waals surface area (Å²) < 4.78 is 26.8. The first-order valence-electron chi connectivity index (χ1n) is 7.32. The normalized spacial score (nSPS) is 32.1. The van der Waals surface area contributed by atoms with Crippen LogP contribution in [-0.4, -0.2) is 43.6 Å². The molecule has 2 heterocycles. The van der Waals surface area contributed by atoms with Gasteiger partial charge in [-0.2, -0.15) is 4.31 Å². The fourth-order valence-corrected chi connectivity index (χ4v) is 5.12. The number of hydrogen-bond acceptors (Lipinski definition) is 3. The van der Waals surface area contributed by atoms with Crippen molar-refractivity contribution in [1.82, 2.24) is 9.62 Å². The lowest BCUT2D eigenvalue weighted by Crippen LogP contribution is -2.46. The zero-order valence-electron chi connectivity index (χ0n) is 11.4. The average molecular weight is 274 g/mol. The maximum absolute atomic E-state index is 12.5. The van der Waals surface area contributed by atoms with Gasteiger partial charge in [0.05, 0.1) is 5.75 Å². The first kappa shape index (κ1) is 14.3. The summed E-state index contributed by atoms with van der Waals surface area (Å²) in [6.07, 6.45) is 7.69. The first-order chi connectivity index (χ1) is 8.59. The Balaban J connectivity index is 1.99. The van der Waals surface area contributed by atoms with Gasteiger partial charge in [0.25, 0.3) is 0 Å². The van der Waals surface area contributed by atoms with Gasteiger partial charge in [-0.3, -0.25) is 0 Å². The van der Waals surface area contributed by atoms with E-state index >= 15 is 0 Å². The highest BCUT2D eigenvalue weighted by Crippen LogP contribution is 2.21. The second-order valence-corrected chi connectivity index (χ2v) is 7.70. The minimum Gasteiger partial charge on any atom is -0.313 e. The monoisotopic (exact) mass is 274 g/mol. The van der Waals surface area contributed by atoms with Gasteiger partial charge in [-0.1, -0.05) is 19.3 Å². The third kappa shape index (κ3) is 3.68. The van der Waals surface area contributed by atoms with Crippen molar-refractivity contribution in [2.75, 3.05) is 18.8 Å². The number of nitrogens with zero attached hydrogens (tertiary/aromatic N) is 1. The summed E-state index contributed by atoms with van der Waals surface area (Å²) >= 11 is 0. The second kappa shape index (κ2) is 6.35. The highest BCUT2D eigenvalue weighted by molar-refractivity contribution is 7.89. The van der Waals surface area contributed by atoms with Crippen molar-refractivity contribution in [3.63, 3.8) is 0 Å². The third-order valence-corrected chi connectivity index (χ3v) is 6.25. The average Bonchev–Trinajstić information content (AvgIpc) is 2.55. The van der Waals surface area contributed by atoms with E-state index in [1.807, 2.05) is 0 Å². The molecule has 0 saturated carbocycles. The molecule has 18 heavy (non-hydrogen) atoms. The Hall–Kier alpha value is -0.130. The van der Waals surface area contributed by atoms with Gasteiger partial charge in [0.15, 0.2) is 0 Å². The van der Waals surface area contributed by atoms with Crippen LogP contribution in [0.15, 0.2) is 0 Å². The number of nitrogens with one attached hydrogen (secondary N) is 1. The molecule has 1 N–H and O–H groups in total. The summed E-state index contributed by atoms with van der Waals surface area (Å²) in [5.41, 5.74) is 0. The molecule has 2 aliphatic heterocycles. The van der Waals surface area contributed by atoms with Crippen molar-refractivity contribution in [1.29, 1.82) is 0 Å². The molecule has 5 heteroatoms. The Morgan fingerprint density at radius 3 is 2.61 bits per heavy atom. The van der Waals surface area contributed by atoms with Crippen LogP contribution in [-0.2, 0) is 10.0 Å². The molecule has 2 atom stereocenters. The van der Waals surface area contributed by atoms with E-state index in [1.54, 1.807) is 4.31 Å². The Labute approximate surface area is 111 Å². The fraction of sp³-hybridized carbons (Fsp3) is 1.00. The van der Waals surface area contributed by atoms with Gasteiger partial charge in [-0.25, -0.2) is 8.42 Å². The van der Waals surface area contributed by atoms with E-state index in [9.17, 15) is 8.42 Å². The van der Waals surface area contributed by atoms with Crippen LogP contribution < -0.4 is 5.32 Å². The van der Waals surface area contributed by atoms with Crippen LogP contribution in [0.2, 0.25) is 0 Å². The minimum absolute atomic E-state index is 0.166. The standard InChI is InChI=1S/C13H26N2O2S/c1-12-7-3-2-6-10-15(12)18(16,17)11-13-8-4-5-9-14-13/h12-14H,2-11H2,1H3. The minimum atomic E-state index is -3.08. The number of sulfonamides is 1. The molecular formula is C13H26N2O2S. The Morgan fingerprint density at radius 1 is 1.11 bits per heavy atom. The largest absolute Gasteiger partial charge is 0.313 e. The topological polar surface area (TPSA) is 49.4 Å². The quantitative estimate of drug-likeness (QED) is 0.852. The van der Waals surface area contributed by atoms with Gasteiger partial charge < -0.3 is 5.32 Å². The van der Waals surface area contributed by atoms with Crippen LogP contribution in [0.4, 0.5) is 0 Å². The molecule has 4 nitrogen and oxygen atoms in total. The smallest absolute Gasteiger partial charge is 0.215 e. The summed E-state index contributed by atoms with van der Waals surface area (Å²) in [6.45, 7) is 3.74. The predicted octanol–water partition coefficient (Wildman–Crippen LogP) is 1.72. The van der Waals surface area contributed by atoms with Crippen LogP contribution >= 0.6 is 0 Å². The molecule has 0 amide bonds. The molecular weight excluding hydrogens is 248 g/mol. The van der Waals surface area contributed by atoms with Crippen molar-refractivity contribution in [3.05, 3.63) is 0 Å². The maximum Gasteiger partial charge on any atom is 0.215 e. The van der Waals surface area contributed by atoms with Gasteiger partial charge in [-0.05, 0) is 39.2 Å². The second-order valence-electron chi connectivity index (χ2n) is 5.73. The molecule has 0 aromatic carbocycles. The molecule has 0 aliphatic carbocycles. The van der Waals surface area contributed by atoms with Crippen LogP contribution in [0.1, 0.15) is 51.9 Å². The first-order valence-corrected chi connectivity index (χ1v) is 8.93. The number of hydrogen-bond donors (Lipinski definition) is 1. The SMILES string of the molecule is CC1CCCCCN1S(=O)(=O)CC1CCCCN1. The summed E-state index contributed by atoms with van der Waals surface area (Å²) in [5, 5.41) is 3.34. The molecule has 2 fully saturated rings. The highest BCUT2D eigenvalue weighted by atomic mass is 32.2. The van der Waals surface area contributed by atoms with Crippen LogP contribution in [0.3, 0.4) is 0 Å². The zero-order chi connectivity index (χ0) is 13.0.